The third-order valence-corrected chi connectivity index (χ3v) is 6.12. The number of carbonyl (C=O) groups excluding carboxylic acids is 3. The van der Waals surface area contributed by atoms with Crippen LogP contribution in [0.5, 0.6) is 5.75 Å². The van der Waals surface area contributed by atoms with Gasteiger partial charge in [-0.05, 0) is 51.5 Å². The molecular weight excluding hydrogens is 446 g/mol. The van der Waals surface area contributed by atoms with E-state index in [1.54, 1.807) is 43.9 Å². The van der Waals surface area contributed by atoms with Gasteiger partial charge in [0.2, 0.25) is 11.8 Å². The number of hydrogen-bond donors (Lipinski definition) is 3. The Balaban J connectivity index is 2.43. The molecule has 0 radical (unpaired) electrons. The van der Waals surface area contributed by atoms with E-state index in [2.05, 4.69) is 17.6 Å². The third kappa shape index (κ3) is 8.15. The van der Waals surface area contributed by atoms with Gasteiger partial charge in [-0.1, -0.05) is 58.7 Å². The van der Waals surface area contributed by atoms with Crippen molar-refractivity contribution in [3.8, 4) is 5.75 Å². The van der Waals surface area contributed by atoms with Gasteiger partial charge in [-0.3, -0.25) is 9.59 Å². The van der Waals surface area contributed by atoms with Crippen LogP contribution in [0.25, 0.3) is 0 Å². The predicted octanol–water partition coefficient (Wildman–Crippen LogP) is 4.53. The third-order valence-electron chi connectivity index (χ3n) is 6.12. The molecule has 8 heteroatoms. The number of carbonyl (C=O) groups is 3. The largest absolute Gasteiger partial charge is 0.508 e. The molecule has 0 aliphatic heterocycles. The Bertz CT molecular complexity index is 880. The number of benzene rings is 1. The van der Waals surface area contributed by atoms with E-state index in [4.69, 9.17) is 4.74 Å². The van der Waals surface area contributed by atoms with E-state index in [-0.39, 0.29) is 35.4 Å². The van der Waals surface area contributed by atoms with Gasteiger partial charge in [0, 0.05) is 18.2 Å². The SMILES string of the molecule is CCCCCNC(=O)C(c1ccccc1O)N(C(=O)C(NC(=O)OC(C)(C)C)C(C)C)C1CC1C. The Morgan fingerprint density at radius 2 is 1.80 bits per heavy atom. The minimum absolute atomic E-state index is 0.0477. The summed E-state index contributed by atoms with van der Waals surface area (Å²) in [6.45, 7) is 13.6. The maximum absolute atomic E-state index is 14.0. The van der Waals surface area contributed by atoms with E-state index >= 15 is 0 Å². The molecule has 2 rings (SSSR count). The van der Waals surface area contributed by atoms with Crippen LogP contribution in [0.15, 0.2) is 24.3 Å². The molecule has 1 saturated carbocycles. The molecule has 1 aromatic carbocycles. The van der Waals surface area contributed by atoms with E-state index < -0.39 is 23.8 Å². The van der Waals surface area contributed by atoms with E-state index in [0.717, 1.165) is 25.7 Å². The molecule has 1 aromatic rings. The number of alkyl carbamates (subject to hydrolysis) is 1. The maximum atomic E-state index is 14.0. The Hall–Kier alpha value is -2.77. The first-order chi connectivity index (χ1) is 16.4. The summed E-state index contributed by atoms with van der Waals surface area (Å²) in [6.07, 6.45) is 2.90. The summed E-state index contributed by atoms with van der Waals surface area (Å²) in [5.74, 6) is -0.792. The molecule has 0 bridgehead atoms. The van der Waals surface area contributed by atoms with Gasteiger partial charge in [0.25, 0.3) is 0 Å². The van der Waals surface area contributed by atoms with Crippen molar-refractivity contribution in [3.05, 3.63) is 29.8 Å². The monoisotopic (exact) mass is 489 g/mol. The van der Waals surface area contributed by atoms with Crippen molar-refractivity contribution in [3.63, 3.8) is 0 Å². The summed E-state index contributed by atoms with van der Waals surface area (Å²) in [7, 11) is 0. The van der Waals surface area contributed by atoms with Gasteiger partial charge in [-0.2, -0.15) is 0 Å². The lowest BCUT2D eigenvalue weighted by atomic mass is 9.98. The summed E-state index contributed by atoms with van der Waals surface area (Å²) in [6, 6.07) is 4.54. The number of unbranched alkanes of at least 4 members (excludes halogenated alkanes) is 2. The van der Waals surface area contributed by atoms with Gasteiger partial charge in [0.1, 0.15) is 23.4 Å². The fourth-order valence-corrected chi connectivity index (χ4v) is 4.10. The molecule has 1 aliphatic carbocycles. The standard InChI is InChI=1S/C27H43N3O5/c1-8-9-12-15-28-24(32)23(19-13-10-11-14-21(19)31)30(20-16-18(20)4)25(33)22(17(2)3)29-26(34)35-27(5,6)7/h10-11,13-14,17-18,20,22-23,31H,8-9,12,15-16H2,1-7H3,(H,28,32)(H,29,34). The summed E-state index contributed by atoms with van der Waals surface area (Å²) in [5, 5.41) is 16.3. The van der Waals surface area contributed by atoms with Crippen LogP contribution in [0.3, 0.4) is 0 Å². The van der Waals surface area contributed by atoms with Crippen molar-refractivity contribution in [2.75, 3.05) is 6.54 Å². The first-order valence-corrected chi connectivity index (χ1v) is 12.7. The van der Waals surface area contributed by atoms with Crippen LogP contribution in [0, 0.1) is 11.8 Å². The Labute approximate surface area is 209 Å². The second kappa shape index (κ2) is 12.3. The number of rotatable bonds is 11. The van der Waals surface area contributed by atoms with Crippen LogP contribution >= 0.6 is 0 Å². The van der Waals surface area contributed by atoms with Crippen LogP contribution in [-0.2, 0) is 14.3 Å². The van der Waals surface area contributed by atoms with Gasteiger partial charge in [0.15, 0.2) is 0 Å². The number of amides is 3. The zero-order valence-corrected chi connectivity index (χ0v) is 22.3. The minimum Gasteiger partial charge on any atom is -0.508 e. The summed E-state index contributed by atoms with van der Waals surface area (Å²) >= 11 is 0. The Kier molecular flexibility index (Phi) is 9.98. The van der Waals surface area contributed by atoms with Crippen molar-refractivity contribution >= 4 is 17.9 Å². The van der Waals surface area contributed by atoms with Crippen LogP contribution < -0.4 is 10.6 Å². The molecule has 1 aliphatic rings. The van der Waals surface area contributed by atoms with E-state index in [9.17, 15) is 19.5 Å². The number of phenols is 1. The fourth-order valence-electron chi connectivity index (χ4n) is 4.10. The quantitative estimate of drug-likeness (QED) is 0.396. The van der Waals surface area contributed by atoms with Gasteiger partial charge in [0.05, 0.1) is 0 Å². The normalized spacial score (nSPS) is 19.0. The summed E-state index contributed by atoms with van der Waals surface area (Å²) in [5.41, 5.74) is -0.344. The molecule has 4 unspecified atom stereocenters. The molecular formula is C27H43N3O5. The predicted molar refractivity (Wildman–Crippen MR) is 136 cm³/mol. The molecule has 4 atom stereocenters. The lowest BCUT2D eigenvalue weighted by molar-refractivity contribution is -0.144. The molecule has 35 heavy (non-hydrogen) atoms. The van der Waals surface area contributed by atoms with Crippen molar-refractivity contribution in [1.29, 1.82) is 0 Å². The average molecular weight is 490 g/mol. The number of ether oxygens (including phenoxy) is 1. The highest BCUT2D eigenvalue weighted by atomic mass is 16.6. The molecule has 0 spiro atoms. The van der Waals surface area contributed by atoms with E-state index in [0.29, 0.717) is 12.1 Å². The summed E-state index contributed by atoms with van der Waals surface area (Å²) < 4.78 is 5.39. The maximum Gasteiger partial charge on any atom is 0.408 e. The van der Waals surface area contributed by atoms with Gasteiger partial charge < -0.3 is 25.4 Å². The van der Waals surface area contributed by atoms with Crippen molar-refractivity contribution < 1.29 is 24.2 Å². The van der Waals surface area contributed by atoms with Crippen molar-refractivity contribution in [2.24, 2.45) is 11.8 Å². The molecule has 3 amide bonds. The van der Waals surface area contributed by atoms with Gasteiger partial charge >= 0.3 is 6.09 Å². The number of hydrogen-bond acceptors (Lipinski definition) is 5. The number of nitrogens with one attached hydrogen (secondary N) is 2. The molecule has 0 heterocycles. The lowest BCUT2D eigenvalue weighted by Crippen LogP contribution is -2.55. The van der Waals surface area contributed by atoms with Crippen molar-refractivity contribution in [2.45, 2.75) is 97.9 Å². The second-order valence-electron chi connectivity index (χ2n) is 10.9. The van der Waals surface area contributed by atoms with Crippen LogP contribution in [0.2, 0.25) is 0 Å². The molecule has 3 N–H and O–H groups in total. The van der Waals surface area contributed by atoms with Crippen LogP contribution in [-0.4, -0.2) is 52.1 Å². The van der Waals surface area contributed by atoms with Crippen LogP contribution in [0.1, 0.15) is 85.8 Å². The smallest absolute Gasteiger partial charge is 0.408 e. The highest BCUT2D eigenvalue weighted by Crippen LogP contribution is 2.42. The molecule has 196 valence electrons. The Morgan fingerprint density at radius 3 is 2.31 bits per heavy atom. The topological polar surface area (TPSA) is 108 Å². The molecule has 8 nitrogen and oxygen atoms in total. The van der Waals surface area contributed by atoms with E-state index in [1.165, 1.54) is 6.07 Å². The highest BCUT2D eigenvalue weighted by Gasteiger charge is 2.49. The second-order valence-corrected chi connectivity index (χ2v) is 10.9. The lowest BCUT2D eigenvalue weighted by Gasteiger charge is -2.36. The first-order valence-electron chi connectivity index (χ1n) is 12.7. The molecule has 0 aromatic heterocycles. The number of nitrogens with zero attached hydrogens (tertiary/aromatic N) is 1. The van der Waals surface area contributed by atoms with Gasteiger partial charge in [-0.15, -0.1) is 0 Å². The van der Waals surface area contributed by atoms with E-state index in [1.807, 2.05) is 20.8 Å². The first kappa shape index (κ1) is 28.5. The average Bonchev–Trinajstić information content (AvgIpc) is 3.47. The zero-order chi connectivity index (χ0) is 26.3. The number of para-hydroxylation sites is 1. The minimum atomic E-state index is -1.01. The highest BCUT2D eigenvalue weighted by molar-refractivity contribution is 5.93. The number of phenolic OH excluding ortho intramolecular Hbond substituents is 1. The molecule has 0 saturated heterocycles. The fraction of sp³-hybridized carbons (Fsp3) is 0.667. The summed E-state index contributed by atoms with van der Waals surface area (Å²) in [4.78, 5) is 41.7. The Morgan fingerprint density at radius 1 is 1.17 bits per heavy atom. The van der Waals surface area contributed by atoms with Gasteiger partial charge in [-0.25, -0.2) is 4.79 Å². The zero-order valence-electron chi connectivity index (χ0n) is 22.3. The molecule has 1 fully saturated rings. The number of aromatic hydroxyl groups is 1. The van der Waals surface area contributed by atoms with Crippen molar-refractivity contribution in [1.82, 2.24) is 15.5 Å². The van der Waals surface area contributed by atoms with Crippen LogP contribution in [0.4, 0.5) is 4.79 Å².